The van der Waals surface area contributed by atoms with Crippen LogP contribution in [0.4, 0.5) is 34.3 Å². The molecule has 0 atom stereocenters. The standard InChI is InChI=1S/C43H47F3IN3O10/c1-39(2,3)57-35(52)43(36(53)58-40(4,5)6,26-19-22(44)13-15-27(26)45)34(51)49-18-17-24-29(49)16-14-23(31(24)46)25-21-56-32-28(47)20-48-33(30(25)32)50(37(54)59-41(7,8)9)38(55)60-42(10,11)12/h13-16,19-21H,17-18H2,1-12H3. The summed E-state index contributed by atoms with van der Waals surface area (Å²) in [5, 5.41) is 0.0406. The molecule has 2 aromatic carbocycles. The van der Waals surface area contributed by atoms with Gasteiger partial charge < -0.3 is 28.3 Å². The average Bonchev–Trinajstić information content (AvgIpc) is 3.71. The number of pyridine rings is 1. The number of aromatic nitrogens is 1. The van der Waals surface area contributed by atoms with E-state index in [1.165, 1.54) is 66.1 Å². The fourth-order valence-electron chi connectivity index (χ4n) is 6.38. The van der Waals surface area contributed by atoms with Crippen molar-refractivity contribution in [2.75, 3.05) is 16.3 Å². The molecule has 2 aromatic heterocycles. The number of amides is 3. The van der Waals surface area contributed by atoms with Gasteiger partial charge in [0.05, 0.1) is 15.2 Å². The van der Waals surface area contributed by atoms with Gasteiger partial charge in [0, 0.05) is 40.7 Å². The summed E-state index contributed by atoms with van der Waals surface area (Å²) in [6.07, 6.45) is 0.127. The predicted molar refractivity (Wildman–Crippen MR) is 223 cm³/mol. The molecular weight excluding hydrogens is 902 g/mol. The zero-order chi connectivity index (χ0) is 45.1. The quantitative estimate of drug-likeness (QED) is 0.0785. The number of carbonyl (C=O) groups excluding carboxylic acids is 5. The Hall–Kier alpha value is -5.20. The van der Waals surface area contributed by atoms with Crippen molar-refractivity contribution in [2.45, 2.75) is 117 Å². The number of imide groups is 1. The third-order valence-electron chi connectivity index (χ3n) is 8.59. The van der Waals surface area contributed by atoms with E-state index in [0.29, 0.717) is 20.6 Å². The van der Waals surface area contributed by atoms with Crippen molar-refractivity contribution in [2.24, 2.45) is 0 Å². The normalized spacial score (nSPS) is 13.5. The Morgan fingerprint density at radius 1 is 0.750 bits per heavy atom. The van der Waals surface area contributed by atoms with Crippen LogP contribution in [0, 0.1) is 21.0 Å². The summed E-state index contributed by atoms with van der Waals surface area (Å²) in [6, 6.07) is 4.59. The summed E-state index contributed by atoms with van der Waals surface area (Å²) in [5.74, 6) is -7.96. The first-order chi connectivity index (χ1) is 27.5. The highest BCUT2D eigenvalue weighted by Gasteiger charge is 2.62. The number of furan rings is 1. The van der Waals surface area contributed by atoms with E-state index < -0.39 is 80.9 Å². The molecule has 0 saturated heterocycles. The molecule has 0 saturated carbocycles. The number of rotatable bonds is 6. The van der Waals surface area contributed by atoms with Gasteiger partial charge in [-0.25, -0.2) is 37.3 Å². The molecule has 0 bridgehead atoms. The summed E-state index contributed by atoms with van der Waals surface area (Å²) in [4.78, 5) is 77.0. The molecule has 322 valence electrons. The molecule has 17 heteroatoms. The lowest BCUT2D eigenvalue weighted by Gasteiger charge is -2.36. The maximum absolute atomic E-state index is 17.1. The topological polar surface area (TPSA) is 155 Å². The van der Waals surface area contributed by atoms with E-state index >= 15 is 13.6 Å². The van der Waals surface area contributed by atoms with Gasteiger partial charge in [-0.3, -0.25) is 4.79 Å². The highest BCUT2D eigenvalue weighted by molar-refractivity contribution is 14.1. The summed E-state index contributed by atoms with van der Waals surface area (Å²) >= 11 is 1.93. The van der Waals surface area contributed by atoms with Gasteiger partial charge in [-0.1, -0.05) is 0 Å². The van der Waals surface area contributed by atoms with E-state index in [1.54, 1.807) is 41.5 Å². The second-order valence-corrected chi connectivity index (χ2v) is 19.3. The number of esters is 2. The van der Waals surface area contributed by atoms with Gasteiger partial charge in [-0.2, -0.15) is 4.90 Å². The van der Waals surface area contributed by atoms with Crippen molar-refractivity contribution >= 4 is 75.1 Å². The van der Waals surface area contributed by atoms with Crippen LogP contribution in [0.25, 0.3) is 22.1 Å². The van der Waals surface area contributed by atoms with Crippen molar-refractivity contribution in [1.29, 1.82) is 0 Å². The molecule has 60 heavy (non-hydrogen) atoms. The minimum atomic E-state index is -3.26. The number of fused-ring (bicyclic) bond motifs is 2. The lowest BCUT2D eigenvalue weighted by molar-refractivity contribution is -0.179. The minimum Gasteiger partial charge on any atom is -0.462 e. The smallest absolute Gasteiger partial charge is 0.425 e. The fourth-order valence-corrected chi connectivity index (χ4v) is 6.92. The van der Waals surface area contributed by atoms with Crippen molar-refractivity contribution in [3.05, 3.63) is 74.9 Å². The van der Waals surface area contributed by atoms with Gasteiger partial charge in [-0.05, 0) is 142 Å². The van der Waals surface area contributed by atoms with Gasteiger partial charge in [-0.15, -0.1) is 0 Å². The second kappa shape index (κ2) is 16.0. The number of nitrogens with zero attached hydrogens (tertiary/aromatic N) is 3. The van der Waals surface area contributed by atoms with Crippen molar-refractivity contribution in [3.8, 4) is 11.1 Å². The fraction of sp³-hybridized carbons (Fsp3) is 0.442. The Kier molecular flexibility index (Phi) is 12.2. The van der Waals surface area contributed by atoms with E-state index in [-0.39, 0.29) is 52.1 Å². The van der Waals surface area contributed by atoms with Crippen molar-refractivity contribution < 1.29 is 60.5 Å². The first kappa shape index (κ1) is 45.9. The molecule has 0 N–H and O–H groups in total. The summed E-state index contributed by atoms with van der Waals surface area (Å²) in [5.41, 5.74) is -9.07. The van der Waals surface area contributed by atoms with Crippen LogP contribution >= 0.6 is 22.6 Å². The van der Waals surface area contributed by atoms with Gasteiger partial charge >= 0.3 is 24.1 Å². The monoisotopic (exact) mass is 949 g/mol. The number of hydrogen-bond donors (Lipinski definition) is 0. The van der Waals surface area contributed by atoms with E-state index in [9.17, 15) is 23.6 Å². The highest BCUT2D eigenvalue weighted by atomic mass is 127. The maximum Gasteiger partial charge on any atom is 0.425 e. The number of ether oxygens (including phenoxy) is 4. The van der Waals surface area contributed by atoms with Crippen LogP contribution in [-0.4, -0.2) is 64.0 Å². The maximum atomic E-state index is 17.1. The van der Waals surface area contributed by atoms with Gasteiger partial charge in [0.15, 0.2) is 11.4 Å². The average molecular weight is 950 g/mol. The summed E-state index contributed by atoms with van der Waals surface area (Å²) in [7, 11) is 0. The largest absolute Gasteiger partial charge is 0.462 e. The Bertz CT molecular complexity index is 2350. The van der Waals surface area contributed by atoms with Crippen molar-refractivity contribution in [3.63, 3.8) is 0 Å². The molecule has 4 aromatic rings. The van der Waals surface area contributed by atoms with Crippen LogP contribution in [0.5, 0.6) is 0 Å². The van der Waals surface area contributed by atoms with E-state index in [4.69, 9.17) is 23.4 Å². The highest BCUT2D eigenvalue weighted by Crippen LogP contribution is 2.45. The minimum absolute atomic E-state index is 0.0406. The molecule has 3 heterocycles. The van der Waals surface area contributed by atoms with Crippen LogP contribution < -0.4 is 9.80 Å². The zero-order valence-corrected chi connectivity index (χ0v) is 37.5. The molecule has 3 amide bonds. The number of hydrogen-bond acceptors (Lipinski definition) is 11. The van der Waals surface area contributed by atoms with Crippen LogP contribution in [-0.2, 0) is 45.2 Å². The molecular formula is C43H47F3IN3O10. The Morgan fingerprint density at radius 2 is 1.28 bits per heavy atom. The van der Waals surface area contributed by atoms with Gasteiger partial charge in [0.2, 0.25) is 0 Å². The molecule has 0 fully saturated rings. The van der Waals surface area contributed by atoms with E-state index in [0.717, 1.165) is 11.0 Å². The Balaban J connectivity index is 1.72. The zero-order valence-electron chi connectivity index (χ0n) is 35.4. The Morgan fingerprint density at radius 3 is 1.80 bits per heavy atom. The third-order valence-corrected chi connectivity index (χ3v) is 9.36. The molecule has 1 aliphatic heterocycles. The van der Waals surface area contributed by atoms with Crippen LogP contribution in [0.3, 0.4) is 0 Å². The second-order valence-electron chi connectivity index (χ2n) is 18.1. The third kappa shape index (κ3) is 9.24. The van der Waals surface area contributed by atoms with Gasteiger partial charge in [0.25, 0.3) is 11.3 Å². The summed E-state index contributed by atoms with van der Waals surface area (Å²) < 4.78 is 76.5. The summed E-state index contributed by atoms with van der Waals surface area (Å²) in [6.45, 7) is 18.1. The first-order valence-corrected chi connectivity index (χ1v) is 19.9. The SMILES string of the molecule is CC(C)(C)OC(=O)N(C(=O)OC(C)(C)C)c1ncc(I)c2occ(-c3ccc4c(c3F)CCN4C(=O)C(C(=O)OC(C)(C)C)(C(=O)OC(C)(C)C)c3cc(F)ccc3F)c12. The number of halogens is 4. The molecule has 0 radical (unpaired) electrons. The molecule has 1 aliphatic rings. The molecule has 0 aliphatic carbocycles. The number of carbonyl (C=O) groups is 5. The van der Waals surface area contributed by atoms with Crippen molar-refractivity contribution in [1.82, 2.24) is 4.98 Å². The first-order valence-electron chi connectivity index (χ1n) is 18.8. The number of anilines is 2. The van der Waals surface area contributed by atoms with Crippen LogP contribution in [0.1, 0.15) is 94.2 Å². The predicted octanol–water partition coefficient (Wildman–Crippen LogP) is 9.70. The lowest BCUT2D eigenvalue weighted by Crippen LogP contribution is -2.60. The van der Waals surface area contributed by atoms with Crippen LogP contribution in [0.15, 0.2) is 47.2 Å². The lowest BCUT2D eigenvalue weighted by atomic mass is 9.77. The Labute approximate surface area is 359 Å². The molecule has 5 rings (SSSR count). The van der Waals surface area contributed by atoms with E-state index in [2.05, 4.69) is 4.98 Å². The molecule has 13 nitrogen and oxygen atoms in total. The molecule has 0 unspecified atom stereocenters. The van der Waals surface area contributed by atoms with Crippen LogP contribution in [0.2, 0.25) is 0 Å². The van der Waals surface area contributed by atoms with Gasteiger partial charge in [0.1, 0.15) is 39.9 Å². The van der Waals surface area contributed by atoms with E-state index in [1.807, 2.05) is 22.6 Å². The molecule has 0 spiro atoms. The number of benzene rings is 2.